The molecule has 0 unspecified atom stereocenters. The summed E-state index contributed by atoms with van der Waals surface area (Å²) >= 11 is 0. The Labute approximate surface area is 130 Å². The molecule has 114 valence electrons. The van der Waals surface area contributed by atoms with Gasteiger partial charge in [-0.1, -0.05) is 0 Å². The molecule has 20 heavy (non-hydrogen) atoms. The van der Waals surface area contributed by atoms with Gasteiger partial charge in [-0.15, -0.1) is 0 Å². The molecule has 0 spiro atoms. The molecule has 0 amide bonds. The Morgan fingerprint density at radius 3 is 1.50 bits per heavy atom. The van der Waals surface area contributed by atoms with Gasteiger partial charge in [0.15, 0.2) is 0 Å². The standard InChI is InChI=1S/C12H20N4O2.2ClH/c17-9-7-15-5-3-13(11-15)1-2-14-4-6-16(12-14)8-10-18;;/h3-6,11-12,17-18H,1-2,7-10H2;2*1H/q+2;;/p-2. The van der Waals surface area contributed by atoms with Crippen LogP contribution in [0.1, 0.15) is 0 Å². The van der Waals surface area contributed by atoms with Gasteiger partial charge in [0.2, 0.25) is 12.7 Å². The molecule has 0 radical (unpaired) electrons. The van der Waals surface area contributed by atoms with Crippen LogP contribution in [0, 0.1) is 0 Å². The van der Waals surface area contributed by atoms with Crippen molar-refractivity contribution in [2.75, 3.05) is 13.2 Å². The van der Waals surface area contributed by atoms with Crippen molar-refractivity contribution in [1.82, 2.24) is 9.13 Å². The van der Waals surface area contributed by atoms with Gasteiger partial charge in [0.1, 0.15) is 51.0 Å². The molecule has 0 bridgehead atoms. The number of aliphatic hydroxyl groups is 2. The maximum Gasteiger partial charge on any atom is 0.243 e. The summed E-state index contributed by atoms with van der Waals surface area (Å²) in [7, 11) is 0. The molecule has 2 heterocycles. The monoisotopic (exact) mass is 322 g/mol. The largest absolute Gasteiger partial charge is 1.00 e. The van der Waals surface area contributed by atoms with Crippen molar-refractivity contribution in [2.24, 2.45) is 0 Å². The van der Waals surface area contributed by atoms with E-state index < -0.39 is 0 Å². The van der Waals surface area contributed by atoms with Crippen molar-refractivity contribution in [3.8, 4) is 0 Å². The van der Waals surface area contributed by atoms with Crippen LogP contribution in [0.2, 0.25) is 0 Å². The third-order valence-electron chi connectivity index (χ3n) is 2.83. The highest BCUT2D eigenvalue weighted by molar-refractivity contribution is 4.66. The third-order valence-corrected chi connectivity index (χ3v) is 2.83. The van der Waals surface area contributed by atoms with E-state index in [2.05, 4.69) is 9.13 Å². The molecule has 0 aromatic carbocycles. The second-order valence-electron chi connectivity index (χ2n) is 4.23. The summed E-state index contributed by atoms with van der Waals surface area (Å²) in [6, 6.07) is 0. The van der Waals surface area contributed by atoms with E-state index in [9.17, 15) is 0 Å². The average Bonchev–Trinajstić information content (AvgIpc) is 2.97. The zero-order chi connectivity index (χ0) is 12.8. The predicted molar refractivity (Wildman–Crippen MR) is 63.4 cm³/mol. The molecule has 2 aromatic rings. The average molecular weight is 323 g/mol. The molecule has 6 nitrogen and oxygen atoms in total. The van der Waals surface area contributed by atoms with E-state index in [4.69, 9.17) is 10.2 Å². The van der Waals surface area contributed by atoms with Crippen molar-refractivity contribution >= 4 is 0 Å². The summed E-state index contributed by atoms with van der Waals surface area (Å²) in [5.74, 6) is 0. The zero-order valence-electron chi connectivity index (χ0n) is 11.1. The smallest absolute Gasteiger partial charge is 0.243 e. The SMILES string of the molecule is OCCn1cc[n+](CC[n+]2ccn(CCO)c2)c1.[Cl-].[Cl-]. The molecule has 0 saturated carbocycles. The van der Waals surface area contributed by atoms with Gasteiger partial charge in [-0.25, -0.2) is 18.3 Å². The molecule has 8 heteroatoms. The first kappa shape index (κ1) is 18.9. The molecule has 2 aromatic heterocycles. The highest BCUT2D eigenvalue weighted by Crippen LogP contribution is 1.85. The van der Waals surface area contributed by atoms with Crippen molar-refractivity contribution < 1.29 is 44.2 Å². The van der Waals surface area contributed by atoms with Crippen LogP contribution in [0.4, 0.5) is 0 Å². The Bertz CT molecular complexity index is 443. The second-order valence-corrected chi connectivity index (χ2v) is 4.23. The Hall–Kier alpha value is -1.08. The van der Waals surface area contributed by atoms with Crippen LogP contribution in [-0.2, 0) is 26.2 Å². The van der Waals surface area contributed by atoms with E-state index in [1.54, 1.807) is 0 Å². The van der Waals surface area contributed by atoms with Gasteiger partial charge in [0.25, 0.3) is 0 Å². The number of aliphatic hydroxyl groups excluding tert-OH is 2. The molecule has 0 aliphatic heterocycles. The van der Waals surface area contributed by atoms with Crippen LogP contribution in [0.3, 0.4) is 0 Å². The minimum Gasteiger partial charge on any atom is -1.00 e. The van der Waals surface area contributed by atoms with Gasteiger partial charge in [0.05, 0.1) is 13.2 Å². The van der Waals surface area contributed by atoms with E-state index in [0.29, 0.717) is 13.1 Å². The molecular weight excluding hydrogens is 303 g/mol. The molecule has 2 N–H and O–H groups in total. The Morgan fingerprint density at radius 2 is 1.15 bits per heavy atom. The van der Waals surface area contributed by atoms with E-state index in [1.807, 2.05) is 46.6 Å². The van der Waals surface area contributed by atoms with Crippen molar-refractivity contribution in [3.63, 3.8) is 0 Å². The summed E-state index contributed by atoms with van der Waals surface area (Å²) < 4.78 is 8.10. The van der Waals surface area contributed by atoms with Gasteiger partial charge < -0.3 is 35.0 Å². The minimum absolute atomic E-state index is 0. The van der Waals surface area contributed by atoms with Crippen molar-refractivity contribution in [1.29, 1.82) is 0 Å². The maximum absolute atomic E-state index is 8.83. The number of imidazole rings is 2. The lowest BCUT2D eigenvalue weighted by molar-refractivity contribution is -0.777. The van der Waals surface area contributed by atoms with Gasteiger partial charge >= 0.3 is 0 Å². The highest BCUT2D eigenvalue weighted by atomic mass is 35.5. The summed E-state index contributed by atoms with van der Waals surface area (Å²) in [6.45, 7) is 3.35. The van der Waals surface area contributed by atoms with Crippen LogP contribution in [0.5, 0.6) is 0 Å². The topological polar surface area (TPSA) is 58.1 Å². The third kappa shape index (κ3) is 5.50. The van der Waals surface area contributed by atoms with Crippen LogP contribution in [0.25, 0.3) is 0 Å². The molecule has 2 rings (SSSR count). The number of nitrogens with zero attached hydrogens (tertiary/aromatic N) is 4. The fourth-order valence-corrected chi connectivity index (χ4v) is 1.87. The van der Waals surface area contributed by atoms with Crippen LogP contribution >= 0.6 is 0 Å². The molecule has 0 aliphatic carbocycles. The van der Waals surface area contributed by atoms with Crippen molar-refractivity contribution in [3.05, 3.63) is 37.4 Å². The van der Waals surface area contributed by atoms with Gasteiger partial charge in [-0.2, -0.15) is 0 Å². The number of rotatable bonds is 7. The quantitative estimate of drug-likeness (QED) is 0.498. The number of aromatic nitrogens is 4. The second kappa shape index (κ2) is 9.77. The normalized spacial score (nSPS) is 9.90. The van der Waals surface area contributed by atoms with Crippen LogP contribution in [-0.4, -0.2) is 32.6 Å². The molecule has 0 atom stereocenters. The summed E-state index contributed by atoms with van der Waals surface area (Å²) in [6.07, 6.45) is 11.9. The van der Waals surface area contributed by atoms with E-state index in [1.165, 1.54) is 0 Å². The molecule has 0 saturated heterocycles. The summed E-state index contributed by atoms with van der Waals surface area (Å²) in [4.78, 5) is 0. The predicted octanol–water partition coefficient (Wildman–Crippen LogP) is -7.44. The lowest BCUT2D eigenvalue weighted by Crippen LogP contribution is -3.00. The Balaban J connectivity index is 0.00000180. The molecular formula is C12H20Cl2N4O2. The number of halogens is 2. The first-order chi connectivity index (χ1) is 8.81. The van der Waals surface area contributed by atoms with Crippen LogP contribution < -0.4 is 33.9 Å². The highest BCUT2D eigenvalue weighted by Gasteiger charge is 2.06. The van der Waals surface area contributed by atoms with E-state index in [-0.39, 0.29) is 38.0 Å². The first-order valence-electron chi connectivity index (χ1n) is 6.13. The fourth-order valence-electron chi connectivity index (χ4n) is 1.87. The Morgan fingerprint density at radius 1 is 0.750 bits per heavy atom. The number of hydrogen-bond acceptors (Lipinski definition) is 2. The van der Waals surface area contributed by atoms with E-state index in [0.717, 1.165) is 13.1 Å². The minimum atomic E-state index is 0. The van der Waals surface area contributed by atoms with Gasteiger partial charge in [-0.05, 0) is 0 Å². The van der Waals surface area contributed by atoms with Gasteiger partial charge in [-0.3, -0.25) is 0 Å². The summed E-state index contributed by atoms with van der Waals surface area (Å²) in [5.41, 5.74) is 0. The van der Waals surface area contributed by atoms with E-state index >= 15 is 0 Å². The lowest BCUT2D eigenvalue weighted by Gasteiger charge is -1.94. The fraction of sp³-hybridized carbons (Fsp3) is 0.500. The first-order valence-corrected chi connectivity index (χ1v) is 6.13. The Kier molecular flexibility index (Phi) is 9.24. The summed E-state index contributed by atoms with van der Waals surface area (Å²) in [5, 5.41) is 17.7. The lowest BCUT2D eigenvalue weighted by atomic mass is 10.6. The maximum atomic E-state index is 8.83. The van der Waals surface area contributed by atoms with Gasteiger partial charge in [0, 0.05) is 0 Å². The molecule has 0 fully saturated rings. The number of aryl methyl sites for hydroxylation is 2. The zero-order valence-corrected chi connectivity index (χ0v) is 12.7. The van der Waals surface area contributed by atoms with Crippen molar-refractivity contribution in [2.45, 2.75) is 26.2 Å². The number of hydrogen-bond donors (Lipinski definition) is 2. The van der Waals surface area contributed by atoms with Crippen LogP contribution in [0.15, 0.2) is 37.4 Å². The molecule has 0 aliphatic rings.